The van der Waals surface area contributed by atoms with Crippen LogP contribution in [0.2, 0.25) is 0 Å². The fraction of sp³-hybridized carbons (Fsp3) is 0.343. The Morgan fingerprint density at radius 1 is 0.884 bits per heavy atom. The summed E-state index contributed by atoms with van der Waals surface area (Å²) in [6.07, 6.45) is 7.20. The maximum absolute atomic E-state index is 12.9. The van der Waals surface area contributed by atoms with Crippen LogP contribution < -0.4 is 15.4 Å². The van der Waals surface area contributed by atoms with Crippen molar-refractivity contribution in [2.75, 3.05) is 11.9 Å². The summed E-state index contributed by atoms with van der Waals surface area (Å²) in [5.41, 5.74) is 3.59. The molecule has 0 heterocycles. The number of hydrogen-bond donors (Lipinski definition) is 2. The summed E-state index contributed by atoms with van der Waals surface area (Å²) in [5, 5.41) is 5.85. The second-order valence-electron chi connectivity index (χ2n) is 11.5. The Hall–Kier alpha value is -4.59. The van der Waals surface area contributed by atoms with Crippen molar-refractivity contribution >= 4 is 30.2 Å². The van der Waals surface area contributed by atoms with Crippen molar-refractivity contribution in [1.29, 1.82) is 0 Å². The number of rotatable bonds is 10. The van der Waals surface area contributed by atoms with Crippen molar-refractivity contribution in [3.05, 3.63) is 90.0 Å². The molecule has 1 saturated carbocycles. The molecule has 8 nitrogen and oxygen atoms in total. The number of carbonyl (C=O) groups is 3. The van der Waals surface area contributed by atoms with Gasteiger partial charge in [-0.1, -0.05) is 48.6 Å². The van der Waals surface area contributed by atoms with Crippen LogP contribution in [0, 0.1) is 0 Å². The molecule has 43 heavy (non-hydrogen) atoms. The smallest absolute Gasteiger partial charge is 0.411 e. The van der Waals surface area contributed by atoms with Crippen LogP contribution in [-0.2, 0) is 9.47 Å². The van der Waals surface area contributed by atoms with Crippen LogP contribution in [0.3, 0.4) is 0 Å². The molecule has 3 aromatic rings. The summed E-state index contributed by atoms with van der Waals surface area (Å²) in [4.78, 5) is 35.8. The number of amides is 2. The average Bonchev–Trinajstić information content (AvgIpc) is 2.98. The van der Waals surface area contributed by atoms with Crippen LogP contribution in [-0.4, -0.2) is 42.8 Å². The van der Waals surface area contributed by atoms with Crippen molar-refractivity contribution in [2.24, 2.45) is 0 Å². The molecule has 8 heteroatoms. The van der Waals surface area contributed by atoms with E-state index < -0.39 is 17.8 Å². The monoisotopic (exact) mass is 584 g/mol. The summed E-state index contributed by atoms with van der Waals surface area (Å²) >= 11 is 0. The Morgan fingerprint density at radius 3 is 2.26 bits per heavy atom. The third-order valence-corrected chi connectivity index (χ3v) is 6.91. The van der Waals surface area contributed by atoms with E-state index in [1.165, 1.54) is 0 Å². The minimum absolute atomic E-state index is 0.00423. The molecular formula is C35H40N2O6. The van der Waals surface area contributed by atoms with Gasteiger partial charge in [0.1, 0.15) is 23.7 Å². The zero-order chi connectivity index (χ0) is 30.7. The fourth-order valence-electron chi connectivity index (χ4n) is 4.83. The number of alkyl carbamates (subject to hydrolysis) is 1. The molecule has 0 bridgehead atoms. The molecule has 0 aliphatic heterocycles. The van der Waals surface area contributed by atoms with E-state index in [9.17, 15) is 14.4 Å². The highest BCUT2D eigenvalue weighted by atomic mass is 16.6. The molecule has 0 atom stereocenters. The van der Waals surface area contributed by atoms with Gasteiger partial charge in [0.25, 0.3) is 0 Å². The van der Waals surface area contributed by atoms with Crippen LogP contribution in [0.25, 0.3) is 17.2 Å². The molecule has 4 rings (SSSR count). The summed E-state index contributed by atoms with van der Waals surface area (Å²) in [6.45, 7) is 6.01. The van der Waals surface area contributed by atoms with Gasteiger partial charge in [-0.15, -0.1) is 0 Å². The molecule has 0 radical (unpaired) electrons. The van der Waals surface area contributed by atoms with E-state index in [2.05, 4.69) is 10.6 Å². The minimum Gasteiger partial charge on any atom is -0.493 e. The Kier molecular flexibility index (Phi) is 11.0. The van der Waals surface area contributed by atoms with E-state index in [4.69, 9.17) is 14.2 Å². The first-order valence-corrected chi connectivity index (χ1v) is 14.7. The first kappa shape index (κ1) is 31.3. The van der Waals surface area contributed by atoms with Crippen LogP contribution in [0.5, 0.6) is 5.75 Å². The average molecular weight is 585 g/mol. The molecule has 1 aliphatic rings. The minimum atomic E-state index is -0.544. The van der Waals surface area contributed by atoms with Crippen molar-refractivity contribution in [2.45, 2.75) is 70.6 Å². The Balaban J connectivity index is 1.31. The van der Waals surface area contributed by atoms with Crippen LogP contribution >= 0.6 is 0 Å². The first-order chi connectivity index (χ1) is 20.7. The van der Waals surface area contributed by atoms with Gasteiger partial charge < -0.3 is 19.5 Å². The number of anilines is 1. The van der Waals surface area contributed by atoms with Crippen LogP contribution in [0.4, 0.5) is 15.3 Å². The molecular weight excluding hydrogens is 544 g/mol. The third kappa shape index (κ3) is 10.3. The van der Waals surface area contributed by atoms with Crippen LogP contribution in [0.1, 0.15) is 68.8 Å². The highest BCUT2D eigenvalue weighted by Gasteiger charge is 2.27. The van der Waals surface area contributed by atoms with Gasteiger partial charge in [0.15, 0.2) is 0 Å². The topological polar surface area (TPSA) is 103 Å². The molecule has 2 amide bonds. The normalized spacial score (nSPS) is 16.7. The fourth-order valence-corrected chi connectivity index (χ4v) is 4.83. The van der Waals surface area contributed by atoms with Gasteiger partial charge in [0.05, 0.1) is 12.3 Å². The number of ether oxygens (including phenoxy) is 3. The standard InChI is InChI=1S/C35H40N2O6/c1-35(2,3)43-34(40)36-28-15-19-30(20-16-28)42-33(39)37-32-21-14-25(23-31(32)27-10-5-4-6-11-27)9-7-8-22-41-29-17-12-26(24-38)13-18-29/h4-7,9-14,17-18,21,23-24,28,30H,8,15-16,19-20,22H2,1-3H3,(H,36,40)(H,37,39). The molecule has 0 spiro atoms. The number of benzene rings is 3. The maximum Gasteiger partial charge on any atom is 0.411 e. The molecule has 2 N–H and O–H groups in total. The Labute approximate surface area is 253 Å². The summed E-state index contributed by atoms with van der Waals surface area (Å²) < 4.78 is 16.8. The van der Waals surface area contributed by atoms with Gasteiger partial charge in [0, 0.05) is 17.2 Å². The van der Waals surface area contributed by atoms with Crippen molar-refractivity contribution < 1.29 is 28.6 Å². The first-order valence-electron chi connectivity index (χ1n) is 14.7. The zero-order valence-corrected chi connectivity index (χ0v) is 25.0. The van der Waals surface area contributed by atoms with E-state index in [-0.39, 0.29) is 12.1 Å². The molecule has 1 aliphatic carbocycles. The van der Waals surface area contributed by atoms with Gasteiger partial charge >= 0.3 is 12.2 Å². The largest absolute Gasteiger partial charge is 0.493 e. The summed E-state index contributed by atoms with van der Waals surface area (Å²) in [6, 6.07) is 22.8. The van der Waals surface area contributed by atoms with E-state index >= 15 is 0 Å². The molecule has 226 valence electrons. The van der Waals surface area contributed by atoms with E-state index in [0.29, 0.717) is 50.0 Å². The van der Waals surface area contributed by atoms with Crippen molar-refractivity contribution in [3.63, 3.8) is 0 Å². The quantitative estimate of drug-likeness (QED) is 0.185. The predicted octanol–water partition coefficient (Wildman–Crippen LogP) is 8.03. The van der Waals surface area contributed by atoms with E-state index in [1.807, 2.05) is 81.5 Å². The van der Waals surface area contributed by atoms with Crippen LogP contribution in [0.15, 0.2) is 78.9 Å². The van der Waals surface area contributed by atoms with Gasteiger partial charge in [-0.05, 0) is 100 Å². The van der Waals surface area contributed by atoms with Gasteiger partial charge in [-0.3, -0.25) is 10.1 Å². The maximum atomic E-state index is 12.9. The zero-order valence-electron chi connectivity index (χ0n) is 25.0. The molecule has 0 aromatic heterocycles. The lowest BCUT2D eigenvalue weighted by atomic mass is 9.93. The Morgan fingerprint density at radius 2 is 1.58 bits per heavy atom. The van der Waals surface area contributed by atoms with Gasteiger partial charge in [-0.2, -0.15) is 0 Å². The number of carbonyl (C=O) groups excluding carboxylic acids is 3. The van der Waals surface area contributed by atoms with Crippen molar-refractivity contribution in [1.82, 2.24) is 5.32 Å². The molecule has 0 saturated heterocycles. The van der Waals surface area contributed by atoms with E-state index in [1.54, 1.807) is 24.3 Å². The number of aldehydes is 1. The summed E-state index contributed by atoms with van der Waals surface area (Å²) in [7, 11) is 0. The molecule has 3 aromatic carbocycles. The second-order valence-corrected chi connectivity index (χ2v) is 11.5. The summed E-state index contributed by atoms with van der Waals surface area (Å²) in [5.74, 6) is 0.721. The molecule has 1 fully saturated rings. The highest BCUT2D eigenvalue weighted by Crippen LogP contribution is 2.30. The highest BCUT2D eigenvalue weighted by molar-refractivity contribution is 5.92. The predicted molar refractivity (Wildman–Crippen MR) is 168 cm³/mol. The van der Waals surface area contributed by atoms with Gasteiger partial charge in [0.2, 0.25) is 0 Å². The number of nitrogens with one attached hydrogen (secondary N) is 2. The lowest BCUT2D eigenvalue weighted by Gasteiger charge is -2.30. The third-order valence-electron chi connectivity index (χ3n) is 6.91. The molecule has 0 unspecified atom stereocenters. The van der Waals surface area contributed by atoms with E-state index in [0.717, 1.165) is 28.7 Å². The van der Waals surface area contributed by atoms with Gasteiger partial charge in [-0.25, -0.2) is 9.59 Å². The Bertz CT molecular complexity index is 1390. The number of hydrogen-bond acceptors (Lipinski definition) is 6. The van der Waals surface area contributed by atoms with Crippen molar-refractivity contribution in [3.8, 4) is 16.9 Å². The lowest BCUT2D eigenvalue weighted by molar-refractivity contribution is 0.0440. The SMILES string of the molecule is CC(C)(C)OC(=O)NC1CCC(OC(=O)Nc2ccc(C=CCCOc3ccc(C=O)cc3)cc2-c2ccccc2)CC1. The lowest BCUT2D eigenvalue weighted by Crippen LogP contribution is -2.42. The second kappa shape index (κ2) is 15.0.